The highest BCUT2D eigenvalue weighted by molar-refractivity contribution is 5.90. The van der Waals surface area contributed by atoms with Gasteiger partial charge in [0.2, 0.25) is 5.95 Å². The molecule has 0 spiro atoms. The van der Waals surface area contributed by atoms with Crippen LogP contribution in [0.5, 0.6) is 0 Å². The van der Waals surface area contributed by atoms with Gasteiger partial charge in [0.05, 0.1) is 5.52 Å². The van der Waals surface area contributed by atoms with E-state index >= 15 is 0 Å². The highest BCUT2D eigenvalue weighted by atomic mass is 19.1. The largest absolute Gasteiger partial charge is 0.362 e. The predicted molar refractivity (Wildman–Crippen MR) is 133 cm³/mol. The van der Waals surface area contributed by atoms with E-state index in [-0.39, 0.29) is 5.82 Å². The molecule has 0 amide bonds. The Bertz CT molecular complexity index is 1240. The first-order valence-electron chi connectivity index (χ1n) is 11.7. The van der Waals surface area contributed by atoms with Crippen LogP contribution in [0.25, 0.3) is 21.8 Å². The fraction of sp³-hybridized carbons (Fsp3) is 0.385. The Kier molecular flexibility index (Phi) is 6.13. The van der Waals surface area contributed by atoms with Crippen LogP contribution in [0.4, 0.5) is 16.2 Å². The summed E-state index contributed by atoms with van der Waals surface area (Å²) in [6.45, 7) is 1.79. The molecule has 2 heterocycles. The number of benzene rings is 2. The Morgan fingerprint density at radius 2 is 1.85 bits per heavy atom. The minimum Gasteiger partial charge on any atom is -0.362 e. The number of fused-ring (bicyclic) bond motifs is 2. The molecule has 5 rings (SSSR count). The molecule has 0 saturated heterocycles. The van der Waals surface area contributed by atoms with Gasteiger partial charge in [0, 0.05) is 49.2 Å². The number of H-pyrrole nitrogens is 1. The number of aromatic nitrogens is 3. The summed E-state index contributed by atoms with van der Waals surface area (Å²) < 4.78 is 13.4. The second-order valence-corrected chi connectivity index (χ2v) is 9.28. The molecule has 4 aromatic rings. The van der Waals surface area contributed by atoms with E-state index in [0.717, 1.165) is 59.5 Å². The Hall–Kier alpha value is -3.19. The first-order valence-corrected chi connectivity index (χ1v) is 11.7. The minimum absolute atomic E-state index is 0.207. The van der Waals surface area contributed by atoms with Gasteiger partial charge in [0.25, 0.3) is 0 Å². The van der Waals surface area contributed by atoms with Crippen molar-refractivity contribution in [3.63, 3.8) is 0 Å². The maximum absolute atomic E-state index is 13.4. The van der Waals surface area contributed by atoms with Crippen LogP contribution in [0.3, 0.4) is 0 Å². The number of para-hydroxylation sites is 1. The Morgan fingerprint density at radius 3 is 2.67 bits per heavy atom. The smallest absolute Gasteiger partial charge is 0.225 e. The summed E-state index contributed by atoms with van der Waals surface area (Å²) in [5.74, 6) is 2.12. The van der Waals surface area contributed by atoms with E-state index in [9.17, 15) is 4.39 Å². The zero-order chi connectivity index (χ0) is 22.8. The molecule has 6 nitrogen and oxygen atoms in total. The van der Waals surface area contributed by atoms with Gasteiger partial charge in [0.15, 0.2) is 0 Å². The standard InChI is InChI=1S/C26H31FN6/c1-33(2)25-22-5-3-4-6-23(22)31-26(32-25)30-20-10-7-17(8-11-20)14-28-15-18-16-29-24-13-19(27)9-12-21(18)24/h3-6,9,12-13,16-17,20,28-29H,7-8,10-11,14-15H2,1-2H3,(H,30,31,32). The summed E-state index contributed by atoms with van der Waals surface area (Å²) in [6, 6.07) is 13.5. The third-order valence-electron chi connectivity index (χ3n) is 6.66. The van der Waals surface area contributed by atoms with Gasteiger partial charge in [-0.15, -0.1) is 0 Å². The van der Waals surface area contributed by atoms with Crippen molar-refractivity contribution in [2.75, 3.05) is 30.9 Å². The van der Waals surface area contributed by atoms with Crippen molar-refractivity contribution in [1.82, 2.24) is 20.3 Å². The number of halogens is 1. The highest BCUT2D eigenvalue weighted by Crippen LogP contribution is 2.28. The number of nitrogens with zero attached hydrogens (tertiary/aromatic N) is 3. The van der Waals surface area contributed by atoms with Crippen LogP contribution in [0.1, 0.15) is 31.2 Å². The average Bonchev–Trinajstić information content (AvgIpc) is 3.21. The van der Waals surface area contributed by atoms with Crippen molar-refractivity contribution in [3.05, 3.63) is 60.0 Å². The zero-order valence-corrected chi connectivity index (χ0v) is 19.2. The van der Waals surface area contributed by atoms with Crippen molar-refractivity contribution in [1.29, 1.82) is 0 Å². The number of hydrogen-bond acceptors (Lipinski definition) is 5. The molecule has 0 aliphatic heterocycles. The van der Waals surface area contributed by atoms with E-state index in [1.165, 1.54) is 24.5 Å². The molecule has 0 radical (unpaired) electrons. The Morgan fingerprint density at radius 1 is 1.03 bits per heavy atom. The number of anilines is 2. The molecular weight excluding hydrogens is 415 g/mol. The van der Waals surface area contributed by atoms with E-state index in [4.69, 9.17) is 9.97 Å². The van der Waals surface area contributed by atoms with Crippen molar-refractivity contribution >= 4 is 33.6 Å². The molecule has 172 valence electrons. The lowest BCUT2D eigenvalue weighted by Gasteiger charge is -2.29. The monoisotopic (exact) mass is 446 g/mol. The van der Waals surface area contributed by atoms with Gasteiger partial charge in [-0.05, 0) is 74.0 Å². The van der Waals surface area contributed by atoms with Crippen LogP contribution in [-0.2, 0) is 6.54 Å². The summed E-state index contributed by atoms with van der Waals surface area (Å²) in [5, 5.41) is 9.35. The van der Waals surface area contributed by atoms with E-state index in [1.54, 1.807) is 6.07 Å². The average molecular weight is 447 g/mol. The van der Waals surface area contributed by atoms with Crippen molar-refractivity contribution < 1.29 is 4.39 Å². The molecular formula is C26H31FN6. The van der Waals surface area contributed by atoms with Crippen LogP contribution >= 0.6 is 0 Å². The zero-order valence-electron chi connectivity index (χ0n) is 19.2. The van der Waals surface area contributed by atoms with Crippen LogP contribution in [0.2, 0.25) is 0 Å². The van der Waals surface area contributed by atoms with Gasteiger partial charge >= 0.3 is 0 Å². The number of rotatable bonds is 7. The predicted octanol–water partition coefficient (Wildman–Crippen LogP) is 5.08. The molecule has 0 unspecified atom stereocenters. The number of aromatic amines is 1. The molecule has 1 aliphatic carbocycles. The lowest BCUT2D eigenvalue weighted by Crippen LogP contribution is -2.31. The quantitative estimate of drug-likeness (QED) is 0.370. The summed E-state index contributed by atoms with van der Waals surface area (Å²) in [6.07, 6.45) is 6.57. The Labute approximate surface area is 193 Å². The highest BCUT2D eigenvalue weighted by Gasteiger charge is 2.22. The van der Waals surface area contributed by atoms with Crippen molar-refractivity contribution in [2.24, 2.45) is 5.92 Å². The fourth-order valence-corrected chi connectivity index (χ4v) is 4.87. The van der Waals surface area contributed by atoms with Crippen molar-refractivity contribution in [3.8, 4) is 0 Å². The third kappa shape index (κ3) is 4.78. The molecule has 1 aliphatic rings. The maximum Gasteiger partial charge on any atom is 0.225 e. The van der Waals surface area contributed by atoms with Crippen LogP contribution < -0.4 is 15.5 Å². The van der Waals surface area contributed by atoms with Crippen LogP contribution in [0.15, 0.2) is 48.7 Å². The first kappa shape index (κ1) is 21.6. The van der Waals surface area contributed by atoms with E-state index in [1.807, 2.05) is 49.5 Å². The van der Waals surface area contributed by atoms with Gasteiger partial charge in [-0.1, -0.05) is 12.1 Å². The molecule has 33 heavy (non-hydrogen) atoms. The lowest BCUT2D eigenvalue weighted by molar-refractivity contribution is 0.324. The molecule has 7 heteroatoms. The topological polar surface area (TPSA) is 68.9 Å². The summed E-state index contributed by atoms with van der Waals surface area (Å²) in [4.78, 5) is 14.7. The van der Waals surface area contributed by atoms with E-state index in [0.29, 0.717) is 12.0 Å². The Balaban J connectivity index is 1.14. The van der Waals surface area contributed by atoms with Gasteiger partial charge in [0.1, 0.15) is 11.6 Å². The van der Waals surface area contributed by atoms with Gasteiger partial charge in [-0.2, -0.15) is 4.98 Å². The van der Waals surface area contributed by atoms with Crippen LogP contribution in [0, 0.1) is 11.7 Å². The SMILES string of the molecule is CN(C)c1nc(NC2CCC(CNCc3c[nH]c4cc(F)ccc34)CC2)nc2ccccc12. The molecule has 0 bridgehead atoms. The normalized spacial score (nSPS) is 18.6. The molecule has 2 aromatic carbocycles. The second-order valence-electron chi connectivity index (χ2n) is 9.28. The summed E-state index contributed by atoms with van der Waals surface area (Å²) in [5.41, 5.74) is 3.01. The summed E-state index contributed by atoms with van der Waals surface area (Å²) in [7, 11) is 4.04. The molecule has 1 saturated carbocycles. The third-order valence-corrected chi connectivity index (χ3v) is 6.66. The van der Waals surface area contributed by atoms with Gasteiger partial charge < -0.3 is 20.5 Å². The second kappa shape index (κ2) is 9.35. The molecule has 1 fully saturated rings. The first-order chi connectivity index (χ1) is 16.1. The number of nitrogens with one attached hydrogen (secondary N) is 3. The van der Waals surface area contributed by atoms with E-state index < -0.39 is 0 Å². The maximum atomic E-state index is 13.4. The van der Waals surface area contributed by atoms with Gasteiger partial charge in [-0.3, -0.25) is 0 Å². The number of hydrogen-bond donors (Lipinski definition) is 3. The lowest BCUT2D eigenvalue weighted by atomic mass is 9.86. The van der Waals surface area contributed by atoms with Crippen LogP contribution in [-0.4, -0.2) is 41.6 Å². The van der Waals surface area contributed by atoms with Gasteiger partial charge in [-0.25, -0.2) is 9.37 Å². The van der Waals surface area contributed by atoms with E-state index in [2.05, 4.69) is 21.7 Å². The minimum atomic E-state index is -0.207. The molecule has 2 aromatic heterocycles. The van der Waals surface area contributed by atoms with Crippen molar-refractivity contribution in [2.45, 2.75) is 38.3 Å². The summed E-state index contributed by atoms with van der Waals surface area (Å²) >= 11 is 0. The molecule has 3 N–H and O–H groups in total. The fourth-order valence-electron chi connectivity index (χ4n) is 4.87. The molecule has 0 atom stereocenters.